The molecule has 0 radical (unpaired) electrons. The second-order valence-electron chi connectivity index (χ2n) is 5.35. The van der Waals surface area contributed by atoms with Gasteiger partial charge < -0.3 is 10.6 Å². The zero-order valence-corrected chi connectivity index (χ0v) is 10.5. The summed E-state index contributed by atoms with van der Waals surface area (Å²) in [4.78, 5) is 5.04. The van der Waals surface area contributed by atoms with Crippen molar-refractivity contribution in [3.8, 4) is 0 Å². The van der Waals surface area contributed by atoms with E-state index in [1.165, 1.54) is 50.1 Å². The van der Waals surface area contributed by atoms with Crippen molar-refractivity contribution >= 4 is 5.69 Å². The molecule has 0 amide bonds. The molecule has 0 saturated carbocycles. The fourth-order valence-electron chi connectivity index (χ4n) is 3.11. The maximum absolute atomic E-state index is 5.92. The molecule has 1 unspecified atom stereocenters. The van der Waals surface area contributed by atoms with E-state index in [1.54, 1.807) is 0 Å². The molecule has 1 saturated heterocycles. The summed E-state index contributed by atoms with van der Waals surface area (Å²) in [6.07, 6.45) is 2.48. The first kappa shape index (κ1) is 11.1. The van der Waals surface area contributed by atoms with Gasteiger partial charge in [-0.05, 0) is 43.1 Å². The molecule has 3 heteroatoms. The summed E-state index contributed by atoms with van der Waals surface area (Å²) in [6, 6.07) is 7.04. The first-order valence-corrected chi connectivity index (χ1v) is 6.55. The maximum Gasteiger partial charge on any atom is 0.0355 e. The van der Waals surface area contributed by atoms with Gasteiger partial charge in [-0.25, -0.2) is 0 Å². The van der Waals surface area contributed by atoms with Gasteiger partial charge in [0.1, 0.15) is 0 Å². The second kappa shape index (κ2) is 4.31. The zero-order chi connectivity index (χ0) is 11.8. The van der Waals surface area contributed by atoms with Crippen LogP contribution in [-0.4, -0.2) is 43.0 Å². The van der Waals surface area contributed by atoms with Crippen LogP contribution in [0.15, 0.2) is 18.2 Å². The molecule has 1 atom stereocenters. The minimum absolute atomic E-state index is 0.613. The highest BCUT2D eigenvalue weighted by atomic mass is 15.3. The minimum Gasteiger partial charge on any atom is -0.399 e. The van der Waals surface area contributed by atoms with Crippen LogP contribution < -0.4 is 5.73 Å². The van der Waals surface area contributed by atoms with Gasteiger partial charge in [0.2, 0.25) is 0 Å². The van der Waals surface area contributed by atoms with Gasteiger partial charge in [0.15, 0.2) is 0 Å². The molecule has 1 fully saturated rings. The Morgan fingerprint density at radius 1 is 1.18 bits per heavy atom. The monoisotopic (exact) mass is 231 g/mol. The van der Waals surface area contributed by atoms with Crippen LogP contribution in [-0.2, 0) is 6.42 Å². The summed E-state index contributed by atoms with van der Waals surface area (Å²) in [5, 5.41) is 0. The fourth-order valence-corrected chi connectivity index (χ4v) is 3.11. The van der Waals surface area contributed by atoms with Crippen molar-refractivity contribution in [3.63, 3.8) is 0 Å². The number of rotatable bonds is 1. The topological polar surface area (TPSA) is 32.5 Å². The molecule has 17 heavy (non-hydrogen) atoms. The summed E-state index contributed by atoms with van der Waals surface area (Å²) >= 11 is 0. The van der Waals surface area contributed by atoms with E-state index in [2.05, 4.69) is 29.0 Å². The van der Waals surface area contributed by atoms with E-state index in [0.717, 1.165) is 5.69 Å². The number of nitrogens with two attached hydrogens (primary N) is 1. The largest absolute Gasteiger partial charge is 0.399 e. The van der Waals surface area contributed by atoms with Crippen molar-refractivity contribution in [1.29, 1.82) is 0 Å². The maximum atomic E-state index is 5.92. The Kier molecular flexibility index (Phi) is 2.81. The van der Waals surface area contributed by atoms with Crippen LogP contribution in [0.1, 0.15) is 23.6 Å². The highest BCUT2D eigenvalue weighted by Gasteiger charge is 2.29. The second-order valence-corrected chi connectivity index (χ2v) is 5.35. The summed E-state index contributed by atoms with van der Waals surface area (Å²) in [5.41, 5.74) is 9.81. The Morgan fingerprint density at radius 2 is 1.94 bits per heavy atom. The van der Waals surface area contributed by atoms with E-state index in [-0.39, 0.29) is 0 Å². The molecule has 1 aliphatic carbocycles. The minimum atomic E-state index is 0.613. The Bertz CT molecular complexity index is 408. The number of hydrogen-bond acceptors (Lipinski definition) is 3. The number of anilines is 1. The standard InChI is InChI=1S/C14H21N3/c1-16-6-8-17(9-7-16)14-5-3-11-2-4-12(15)10-13(11)14/h2,4,10,14H,3,5-9,15H2,1H3. The third-order valence-electron chi connectivity index (χ3n) is 4.19. The number of fused-ring (bicyclic) bond motifs is 1. The van der Waals surface area contributed by atoms with Crippen LogP contribution in [0.5, 0.6) is 0 Å². The fraction of sp³-hybridized carbons (Fsp3) is 0.571. The lowest BCUT2D eigenvalue weighted by Crippen LogP contribution is -2.45. The van der Waals surface area contributed by atoms with Crippen LogP contribution in [0.2, 0.25) is 0 Å². The first-order chi connectivity index (χ1) is 8.24. The summed E-state index contributed by atoms with van der Waals surface area (Å²) in [6.45, 7) is 4.76. The average molecular weight is 231 g/mol. The molecule has 2 N–H and O–H groups in total. The average Bonchev–Trinajstić information content (AvgIpc) is 2.73. The Hall–Kier alpha value is -1.06. The highest BCUT2D eigenvalue weighted by molar-refractivity contribution is 5.48. The number of likely N-dealkylation sites (N-methyl/N-ethyl adjacent to an activating group) is 1. The molecule has 0 bridgehead atoms. The Morgan fingerprint density at radius 3 is 2.71 bits per heavy atom. The van der Waals surface area contributed by atoms with Crippen LogP contribution in [0, 0.1) is 0 Å². The lowest BCUT2D eigenvalue weighted by Gasteiger charge is -2.36. The van der Waals surface area contributed by atoms with Gasteiger partial charge in [-0.2, -0.15) is 0 Å². The molecule has 0 spiro atoms. The van der Waals surface area contributed by atoms with E-state index in [1.807, 2.05) is 6.07 Å². The highest BCUT2D eigenvalue weighted by Crippen LogP contribution is 2.37. The third kappa shape index (κ3) is 2.05. The van der Waals surface area contributed by atoms with E-state index in [9.17, 15) is 0 Å². The van der Waals surface area contributed by atoms with Gasteiger partial charge in [0.25, 0.3) is 0 Å². The van der Waals surface area contributed by atoms with E-state index < -0.39 is 0 Å². The molecule has 1 aromatic carbocycles. The van der Waals surface area contributed by atoms with Gasteiger partial charge in [-0.1, -0.05) is 6.07 Å². The van der Waals surface area contributed by atoms with Gasteiger partial charge >= 0.3 is 0 Å². The van der Waals surface area contributed by atoms with Gasteiger partial charge in [0, 0.05) is 37.9 Å². The number of nitrogens with zero attached hydrogens (tertiary/aromatic N) is 2. The first-order valence-electron chi connectivity index (χ1n) is 6.55. The zero-order valence-electron chi connectivity index (χ0n) is 10.5. The number of benzene rings is 1. The normalized spacial score (nSPS) is 26.1. The molecule has 1 heterocycles. The van der Waals surface area contributed by atoms with E-state index in [0.29, 0.717) is 6.04 Å². The number of aryl methyl sites for hydroxylation is 1. The van der Waals surface area contributed by atoms with Gasteiger partial charge in [-0.3, -0.25) is 4.90 Å². The molecule has 3 nitrogen and oxygen atoms in total. The van der Waals surface area contributed by atoms with E-state index in [4.69, 9.17) is 5.73 Å². The molecule has 0 aromatic heterocycles. The lowest BCUT2D eigenvalue weighted by atomic mass is 10.1. The molecular weight excluding hydrogens is 210 g/mol. The smallest absolute Gasteiger partial charge is 0.0355 e. The van der Waals surface area contributed by atoms with Crippen LogP contribution >= 0.6 is 0 Å². The summed E-state index contributed by atoms with van der Waals surface area (Å²) < 4.78 is 0. The number of hydrogen-bond donors (Lipinski definition) is 1. The van der Waals surface area contributed by atoms with Crippen LogP contribution in [0.3, 0.4) is 0 Å². The van der Waals surface area contributed by atoms with Gasteiger partial charge in [-0.15, -0.1) is 0 Å². The van der Waals surface area contributed by atoms with Crippen molar-refractivity contribution in [2.45, 2.75) is 18.9 Å². The van der Waals surface area contributed by atoms with Crippen molar-refractivity contribution < 1.29 is 0 Å². The lowest BCUT2D eigenvalue weighted by molar-refractivity contribution is 0.111. The van der Waals surface area contributed by atoms with Crippen molar-refractivity contribution in [1.82, 2.24) is 9.80 Å². The van der Waals surface area contributed by atoms with Crippen LogP contribution in [0.25, 0.3) is 0 Å². The van der Waals surface area contributed by atoms with Crippen LogP contribution in [0.4, 0.5) is 5.69 Å². The molecule has 1 aromatic rings. The number of piperazine rings is 1. The Labute approximate surface area is 103 Å². The molecule has 3 rings (SSSR count). The molecule has 92 valence electrons. The number of nitrogen functional groups attached to an aromatic ring is 1. The molecule has 2 aliphatic rings. The summed E-state index contributed by atoms with van der Waals surface area (Å²) in [7, 11) is 2.21. The molecule has 1 aliphatic heterocycles. The quantitative estimate of drug-likeness (QED) is 0.744. The Balaban J connectivity index is 1.81. The molecular formula is C14H21N3. The third-order valence-corrected chi connectivity index (χ3v) is 4.19. The predicted molar refractivity (Wildman–Crippen MR) is 71.0 cm³/mol. The predicted octanol–water partition coefficient (Wildman–Crippen LogP) is 1.50. The summed E-state index contributed by atoms with van der Waals surface area (Å²) in [5.74, 6) is 0. The van der Waals surface area contributed by atoms with Crippen molar-refractivity contribution in [3.05, 3.63) is 29.3 Å². The SMILES string of the molecule is CN1CCN(C2CCc3ccc(N)cc32)CC1. The van der Waals surface area contributed by atoms with E-state index >= 15 is 0 Å². The van der Waals surface area contributed by atoms with Crippen molar-refractivity contribution in [2.75, 3.05) is 39.0 Å². The van der Waals surface area contributed by atoms with Crippen molar-refractivity contribution in [2.24, 2.45) is 0 Å². The van der Waals surface area contributed by atoms with Gasteiger partial charge in [0.05, 0.1) is 0 Å².